The summed E-state index contributed by atoms with van der Waals surface area (Å²) < 4.78 is 4.85. The second-order valence-electron chi connectivity index (χ2n) is 6.34. The van der Waals surface area contributed by atoms with E-state index in [0.29, 0.717) is 12.1 Å². The van der Waals surface area contributed by atoms with Crippen molar-refractivity contribution in [1.82, 2.24) is 9.80 Å². The molecule has 3 atom stereocenters. The number of esters is 1. The number of rotatable bonds is 4. The van der Waals surface area contributed by atoms with Gasteiger partial charge in [0.15, 0.2) is 0 Å². The number of methoxy groups -OCH3 is 1. The van der Waals surface area contributed by atoms with Crippen LogP contribution in [0.15, 0.2) is 0 Å². The fourth-order valence-corrected chi connectivity index (χ4v) is 3.68. The molecule has 1 heterocycles. The van der Waals surface area contributed by atoms with Crippen LogP contribution in [-0.2, 0) is 9.53 Å². The first kappa shape index (κ1) is 14.8. The minimum absolute atomic E-state index is 0.252. The molecule has 5 nitrogen and oxygen atoms in total. The zero-order valence-electron chi connectivity index (χ0n) is 12.4. The number of nitrogens with zero attached hydrogens (tertiary/aromatic N) is 2. The highest BCUT2D eigenvalue weighted by Gasteiger charge is 2.46. The molecule has 2 fully saturated rings. The number of ether oxygens (including phenoxy) is 1. The van der Waals surface area contributed by atoms with Crippen LogP contribution in [0.4, 0.5) is 0 Å². The molecule has 1 aliphatic heterocycles. The van der Waals surface area contributed by atoms with Crippen LogP contribution in [0, 0.1) is 0 Å². The molecule has 0 aromatic heterocycles. The lowest BCUT2D eigenvalue weighted by Crippen LogP contribution is -2.49. The molecule has 1 aliphatic carbocycles. The van der Waals surface area contributed by atoms with Gasteiger partial charge < -0.3 is 15.4 Å². The highest BCUT2D eigenvalue weighted by Crippen LogP contribution is 2.35. The molecular weight excluding hydrogens is 242 g/mol. The Bertz CT molecular complexity index is 335. The van der Waals surface area contributed by atoms with Crippen molar-refractivity contribution >= 4 is 5.97 Å². The van der Waals surface area contributed by atoms with Gasteiger partial charge in [-0.1, -0.05) is 0 Å². The van der Waals surface area contributed by atoms with E-state index in [1.165, 1.54) is 20.0 Å². The average Bonchev–Trinajstić information content (AvgIpc) is 2.95. The molecule has 1 saturated heterocycles. The van der Waals surface area contributed by atoms with Crippen molar-refractivity contribution in [3.05, 3.63) is 0 Å². The third-order valence-corrected chi connectivity index (χ3v) is 4.58. The fourth-order valence-electron chi connectivity index (χ4n) is 3.68. The van der Waals surface area contributed by atoms with Gasteiger partial charge in [0.25, 0.3) is 0 Å². The largest absolute Gasteiger partial charge is 0.468 e. The molecule has 0 radical (unpaired) electrons. The van der Waals surface area contributed by atoms with Gasteiger partial charge in [0.05, 0.1) is 7.11 Å². The van der Waals surface area contributed by atoms with Crippen LogP contribution in [-0.4, -0.2) is 67.7 Å². The SMILES string of the molecule is COC(=O)C1(N)CCC(N2CCCC2CN(C)C)C1. The molecule has 3 unspecified atom stereocenters. The molecule has 0 spiro atoms. The molecule has 0 bridgehead atoms. The van der Waals surface area contributed by atoms with E-state index in [1.54, 1.807) is 0 Å². The van der Waals surface area contributed by atoms with E-state index < -0.39 is 5.54 Å². The molecule has 0 aromatic rings. The Morgan fingerprint density at radius 1 is 1.47 bits per heavy atom. The number of carbonyl (C=O) groups excluding carboxylic acids is 1. The van der Waals surface area contributed by atoms with E-state index >= 15 is 0 Å². The summed E-state index contributed by atoms with van der Waals surface area (Å²) in [5, 5.41) is 0. The quantitative estimate of drug-likeness (QED) is 0.750. The highest BCUT2D eigenvalue weighted by molar-refractivity contribution is 5.81. The Hall–Kier alpha value is -0.650. The summed E-state index contributed by atoms with van der Waals surface area (Å²) in [4.78, 5) is 16.6. The lowest BCUT2D eigenvalue weighted by Gasteiger charge is -2.33. The Labute approximate surface area is 116 Å². The van der Waals surface area contributed by atoms with Crippen LogP contribution in [0.3, 0.4) is 0 Å². The van der Waals surface area contributed by atoms with Crippen LogP contribution < -0.4 is 5.73 Å². The first-order chi connectivity index (χ1) is 8.96. The summed E-state index contributed by atoms with van der Waals surface area (Å²) in [6.45, 7) is 2.23. The number of hydrogen-bond acceptors (Lipinski definition) is 5. The number of nitrogens with two attached hydrogens (primary N) is 1. The van der Waals surface area contributed by atoms with Gasteiger partial charge in [-0.2, -0.15) is 0 Å². The zero-order valence-corrected chi connectivity index (χ0v) is 12.4. The summed E-state index contributed by atoms with van der Waals surface area (Å²) in [5.74, 6) is -0.252. The predicted octanol–water partition coefficient (Wildman–Crippen LogP) is 0.435. The molecule has 2 N–H and O–H groups in total. The Balaban J connectivity index is 1.98. The van der Waals surface area contributed by atoms with Gasteiger partial charge in [-0.15, -0.1) is 0 Å². The predicted molar refractivity (Wildman–Crippen MR) is 74.9 cm³/mol. The topological polar surface area (TPSA) is 58.8 Å². The maximum Gasteiger partial charge on any atom is 0.325 e. The third-order valence-electron chi connectivity index (χ3n) is 4.58. The molecule has 110 valence electrons. The van der Waals surface area contributed by atoms with Crippen molar-refractivity contribution in [1.29, 1.82) is 0 Å². The van der Waals surface area contributed by atoms with Crippen molar-refractivity contribution in [3.8, 4) is 0 Å². The standard InChI is InChI=1S/C14H27N3O2/c1-16(2)10-12-5-4-8-17(12)11-6-7-14(15,9-11)13(18)19-3/h11-12H,4-10,15H2,1-3H3. The van der Waals surface area contributed by atoms with E-state index in [4.69, 9.17) is 10.5 Å². The van der Waals surface area contributed by atoms with Crippen LogP contribution in [0.2, 0.25) is 0 Å². The molecule has 5 heteroatoms. The van der Waals surface area contributed by atoms with Crippen molar-refractivity contribution in [2.75, 3.05) is 34.3 Å². The summed E-state index contributed by atoms with van der Waals surface area (Å²) in [5.41, 5.74) is 5.45. The first-order valence-electron chi connectivity index (χ1n) is 7.24. The maximum absolute atomic E-state index is 11.8. The average molecular weight is 269 g/mol. The van der Waals surface area contributed by atoms with Gasteiger partial charge in [0, 0.05) is 18.6 Å². The number of hydrogen-bond donors (Lipinski definition) is 1. The maximum atomic E-state index is 11.8. The van der Waals surface area contributed by atoms with Crippen LogP contribution in [0.25, 0.3) is 0 Å². The first-order valence-corrected chi connectivity index (χ1v) is 7.24. The Morgan fingerprint density at radius 2 is 2.21 bits per heavy atom. The smallest absolute Gasteiger partial charge is 0.325 e. The van der Waals surface area contributed by atoms with E-state index in [9.17, 15) is 4.79 Å². The second kappa shape index (κ2) is 5.77. The van der Waals surface area contributed by atoms with Crippen LogP contribution in [0.5, 0.6) is 0 Å². The van der Waals surface area contributed by atoms with Gasteiger partial charge >= 0.3 is 5.97 Å². The molecule has 0 amide bonds. The van der Waals surface area contributed by atoms with Gasteiger partial charge in [-0.25, -0.2) is 0 Å². The molecule has 1 saturated carbocycles. The van der Waals surface area contributed by atoms with Crippen LogP contribution in [0.1, 0.15) is 32.1 Å². The minimum Gasteiger partial charge on any atom is -0.468 e. The number of carbonyl (C=O) groups is 1. The van der Waals surface area contributed by atoms with Crippen molar-refractivity contribution < 1.29 is 9.53 Å². The molecule has 0 aromatic carbocycles. The van der Waals surface area contributed by atoms with Gasteiger partial charge in [-0.3, -0.25) is 9.69 Å². The zero-order chi connectivity index (χ0) is 14.0. The number of likely N-dealkylation sites (tertiary alicyclic amines) is 1. The van der Waals surface area contributed by atoms with E-state index in [2.05, 4.69) is 23.9 Å². The van der Waals surface area contributed by atoms with Crippen molar-refractivity contribution in [2.45, 2.75) is 49.7 Å². The van der Waals surface area contributed by atoms with E-state index in [0.717, 1.165) is 32.4 Å². The minimum atomic E-state index is -0.759. The summed E-state index contributed by atoms with van der Waals surface area (Å²) in [7, 11) is 5.66. The summed E-state index contributed by atoms with van der Waals surface area (Å²) in [6.07, 6.45) is 5.00. The monoisotopic (exact) mass is 269 g/mol. The normalized spacial score (nSPS) is 36.1. The number of likely N-dealkylation sites (N-methyl/N-ethyl adjacent to an activating group) is 1. The van der Waals surface area contributed by atoms with Crippen molar-refractivity contribution in [2.24, 2.45) is 5.73 Å². The summed E-state index contributed by atoms with van der Waals surface area (Å²) in [6, 6.07) is 1.05. The van der Waals surface area contributed by atoms with E-state index in [1.807, 2.05) is 0 Å². The lowest BCUT2D eigenvalue weighted by molar-refractivity contribution is -0.147. The van der Waals surface area contributed by atoms with Gasteiger partial charge in [0.2, 0.25) is 0 Å². The molecular formula is C14H27N3O2. The van der Waals surface area contributed by atoms with E-state index in [-0.39, 0.29) is 5.97 Å². The van der Waals surface area contributed by atoms with Crippen LogP contribution >= 0.6 is 0 Å². The van der Waals surface area contributed by atoms with Gasteiger partial charge in [0.1, 0.15) is 5.54 Å². The third kappa shape index (κ3) is 3.09. The van der Waals surface area contributed by atoms with Crippen molar-refractivity contribution in [3.63, 3.8) is 0 Å². The molecule has 2 rings (SSSR count). The summed E-state index contributed by atoms with van der Waals surface area (Å²) >= 11 is 0. The highest BCUT2D eigenvalue weighted by atomic mass is 16.5. The van der Waals surface area contributed by atoms with Gasteiger partial charge in [-0.05, 0) is 52.7 Å². The lowest BCUT2D eigenvalue weighted by atomic mass is 9.99. The second-order valence-corrected chi connectivity index (χ2v) is 6.34. The molecule has 2 aliphatic rings. The Kier molecular flexibility index (Phi) is 4.48. The Morgan fingerprint density at radius 3 is 2.84 bits per heavy atom. The molecule has 19 heavy (non-hydrogen) atoms. The fraction of sp³-hybridized carbons (Fsp3) is 0.929.